The van der Waals surface area contributed by atoms with E-state index in [9.17, 15) is 0 Å². The van der Waals surface area contributed by atoms with Gasteiger partial charge in [0.15, 0.2) is 5.96 Å². The van der Waals surface area contributed by atoms with Crippen LogP contribution in [0.2, 0.25) is 0 Å². The topological polar surface area (TPSA) is 36.9 Å². The minimum Gasteiger partial charge on any atom is -0.373 e. The second-order valence-corrected chi connectivity index (χ2v) is 4.56. The highest BCUT2D eigenvalue weighted by Crippen LogP contribution is 2.25. The van der Waals surface area contributed by atoms with E-state index in [2.05, 4.69) is 36.1 Å². The molecule has 0 aromatic heterocycles. The molecule has 0 amide bonds. The van der Waals surface area contributed by atoms with Crippen LogP contribution in [-0.2, 0) is 4.74 Å². The Morgan fingerprint density at radius 2 is 2.36 bits per heavy atom. The Bertz CT molecular complexity index is 250. The van der Waals surface area contributed by atoms with E-state index >= 15 is 0 Å². The Hall–Kier alpha value is -0.770. The highest BCUT2D eigenvalue weighted by Gasteiger charge is 2.36. The van der Waals surface area contributed by atoms with Crippen molar-refractivity contribution in [2.75, 3.05) is 26.7 Å². The minimum absolute atomic E-state index is 0.0635. The van der Waals surface area contributed by atoms with Gasteiger partial charge in [-0.2, -0.15) is 0 Å². The molecule has 0 aromatic rings. The minimum atomic E-state index is -0.0635. The molecule has 4 nitrogen and oxygen atoms in total. The first-order valence-corrected chi connectivity index (χ1v) is 5.26. The normalized spacial score (nSPS) is 30.6. The van der Waals surface area contributed by atoms with Gasteiger partial charge in [-0.25, -0.2) is 0 Å². The number of nitrogens with one attached hydrogen (secondary N) is 1. The molecule has 1 unspecified atom stereocenters. The van der Waals surface area contributed by atoms with Crippen LogP contribution in [0, 0.1) is 0 Å². The van der Waals surface area contributed by atoms with E-state index in [1.165, 1.54) is 0 Å². The fourth-order valence-corrected chi connectivity index (χ4v) is 1.98. The summed E-state index contributed by atoms with van der Waals surface area (Å²) in [5, 5.41) is 3.47. The third-order valence-corrected chi connectivity index (χ3v) is 3.08. The van der Waals surface area contributed by atoms with Crippen molar-refractivity contribution < 1.29 is 4.74 Å². The Labute approximate surface area is 85.3 Å². The molecular weight excluding hydrogens is 178 g/mol. The second kappa shape index (κ2) is 3.42. The molecule has 0 bridgehead atoms. The molecule has 2 heterocycles. The van der Waals surface area contributed by atoms with Crippen molar-refractivity contribution in [3.63, 3.8) is 0 Å². The van der Waals surface area contributed by atoms with Gasteiger partial charge in [-0.15, -0.1) is 0 Å². The molecular formula is C10H19N3O. The zero-order valence-corrected chi connectivity index (χ0v) is 9.21. The van der Waals surface area contributed by atoms with E-state index in [4.69, 9.17) is 4.74 Å². The van der Waals surface area contributed by atoms with E-state index < -0.39 is 0 Å². The number of hydrogen-bond acceptors (Lipinski definition) is 4. The van der Waals surface area contributed by atoms with Crippen LogP contribution in [0.5, 0.6) is 0 Å². The molecule has 1 saturated heterocycles. The third-order valence-electron chi connectivity index (χ3n) is 3.08. The summed E-state index contributed by atoms with van der Waals surface area (Å²) in [7, 11) is 2.07. The Balaban J connectivity index is 1.97. The molecule has 4 heteroatoms. The van der Waals surface area contributed by atoms with Gasteiger partial charge in [-0.1, -0.05) is 0 Å². The second-order valence-electron chi connectivity index (χ2n) is 4.56. The first kappa shape index (κ1) is 9.77. The number of aliphatic imine (C=N–C) groups is 1. The summed E-state index contributed by atoms with van der Waals surface area (Å²) in [4.78, 5) is 6.58. The van der Waals surface area contributed by atoms with Crippen LogP contribution in [0.3, 0.4) is 0 Å². The molecule has 0 radical (unpaired) electrons. The number of guanidine groups is 1. The van der Waals surface area contributed by atoms with E-state index in [0.29, 0.717) is 6.04 Å². The number of nitrogens with zero attached hydrogens (tertiary/aromatic N) is 2. The van der Waals surface area contributed by atoms with Gasteiger partial charge >= 0.3 is 0 Å². The molecule has 2 aliphatic rings. The molecule has 0 aromatic carbocycles. The lowest BCUT2D eigenvalue weighted by Gasteiger charge is -2.29. The van der Waals surface area contributed by atoms with Crippen molar-refractivity contribution in [2.45, 2.75) is 31.9 Å². The molecule has 1 N–H and O–H groups in total. The van der Waals surface area contributed by atoms with Gasteiger partial charge in [0.25, 0.3) is 0 Å². The van der Waals surface area contributed by atoms with Gasteiger partial charge in [0, 0.05) is 20.2 Å². The Kier molecular flexibility index (Phi) is 2.39. The van der Waals surface area contributed by atoms with Crippen LogP contribution < -0.4 is 5.32 Å². The Morgan fingerprint density at radius 3 is 2.86 bits per heavy atom. The average Bonchev–Trinajstić information content (AvgIpc) is 2.62. The van der Waals surface area contributed by atoms with E-state index in [-0.39, 0.29) is 5.60 Å². The van der Waals surface area contributed by atoms with Crippen LogP contribution in [0.15, 0.2) is 4.99 Å². The average molecular weight is 197 g/mol. The smallest absolute Gasteiger partial charge is 0.194 e. The molecule has 14 heavy (non-hydrogen) atoms. The lowest BCUT2D eigenvalue weighted by atomic mass is 9.99. The quantitative estimate of drug-likeness (QED) is 0.663. The van der Waals surface area contributed by atoms with Crippen molar-refractivity contribution in [1.82, 2.24) is 10.2 Å². The summed E-state index contributed by atoms with van der Waals surface area (Å²) in [5.41, 5.74) is -0.0635. The van der Waals surface area contributed by atoms with Crippen molar-refractivity contribution in [2.24, 2.45) is 4.99 Å². The summed E-state index contributed by atoms with van der Waals surface area (Å²) in [5.74, 6) is 1.02. The van der Waals surface area contributed by atoms with Gasteiger partial charge in [-0.3, -0.25) is 4.99 Å². The SMILES string of the molecule is CN1CCN=C1NC1CCOC1(C)C. The zero-order valence-electron chi connectivity index (χ0n) is 9.21. The highest BCUT2D eigenvalue weighted by atomic mass is 16.5. The van der Waals surface area contributed by atoms with Crippen LogP contribution in [-0.4, -0.2) is 49.2 Å². The van der Waals surface area contributed by atoms with Gasteiger partial charge in [-0.05, 0) is 20.3 Å². The third kappa shape index (κ3) is 1.71. The van der Waals surface area contributed by atoms with Crippen LogP contribution in [0.4, 0.5) is 0 Å². The van der Waals surface area contributed by atoms with Crippen LogP contribution in [0.25, 0.3) is 0 Å². The lowest BCUT2D eigenvalue weighted by Crippen LogP contribution is -2.49. The van der Waals surface area contributed by atoms with Crippen LogP contribution in [0.1, 0.15) is 20.3 Å². The maximum Gasteiger partial charge on any atom is 0.194 e. The van der Waals surface area contributed by atoms with Gasteiger partial charge in [0.1, 0.15) is 0 Å². The molecule has 0 spiro atoms. The molecule has 1 atom stereocenters. The molecule has 0 aliphatic carbocycles. The molecule has 2 rings (SSSR count). The summed E-state index contributed by atoms with van der Waals surface area (Å²) >= 11 is 0. The standard InChI is InChI=1S/C10H19N3O/c1-10(2)8(4-7-14-10)12-9-11-5-6-13(9)3/h8H,4-7H2,1-3H3,(H,11,12). The van der Waals surface area contributed by atoms with Gasteiger partial charge in [0.05, 0.1) is 18.2 Å². The summed E-state index contributed by atoms with van der Waals surface area (Å²) < 4.78 is 5.66. The lowest BCUT2D eigenvalue weighted by molar-refractivity contribution is 0.0246. The predicted molar refractivity (Wildman–Crippen MR) is 56.5 cm³/mol. The maximum atomic E-state index is 5.66. The van der Waals surface area contributed by atoms with Crippen molar-refractivity contribution in [3.8, 4) is 0 Å². The Morgan fingerprint density at radius 1 is 1.57 bits per heavy atom. The monoisotopic (exact) mass is 197 g/mol. The highest BCUT2D eigenvalue weighted by molar-refractivity contribution is 5.81. The first-order valence-electron chi connectivity index (χ1n) is 5.26. The van der Waals surface area contributed by atoms with Gasteiger partial charge < -0.3 is 15.0 Å². The molecule has 0 saturated carbocycles. The number of ether oxygens (including phenoxy) is 1. The summed E-state index contributed by atoms with van der Waals surface area (Å²) in [6.45, 7) is 7.05. The van der Waals surface area contributed by atoms with E-state index in [0.717, 1.165) is 32.1 Å². The van der Waals surface area contributed by atoms with Crippen LogP contribution >= 0.6 is 0 Å². The summed E-state index contributed by atoms with van der Waals surface area (Å²) in [6.07, 6.45) is 1.07. The fraction of sp³-hybridized carbons (Fsp3) is 0.900. The zero-order chi connectivity index (χ0) is 10.2. The number of hydrogen-bond donors (Lipinski definition) is 1. The predicted octanol–water partition coefficient (Wildman–Crippen LogP) is 0.445. The van der Waals surface area contributed by atoms with Crippen molar-refractivity contribution in [1.29, 1.82) is 0 Å². The van der Waals surface area contributed by atoms with E-state index in [1.54, 1.807) is 0 Å². The van der Waals surface area contributed by atoms with Gasteiger partial charge in [0.2, 0.25) is 0 Å². The number of rotatable bonds is 1. The summed E-state index contributed by atoms with van der Waals surface area (Å²) in [6, 6.07) is 0.391. The molecule has 80 valence electrons. The van der Waals surface area contributed by atoms with Crippen molar-refractivity contribution in [3.05, 3.63) is 0 Å². The fourth-order valence-electron chi connectivity index (χ4n) is 1.98. The molecule has 2 aliphatic heterocycles. The van der Waals surface area contributed by atoms with Crippen molar-refractivity contribution >= 4 is 5.96 Å². The maximum absolute atomic E-state index is 5.66. The van der Waals surface area contributed by atoms with E-state index in [1.807, 2.05) is 0 Å². The molecule has 1 fully saturated rings. The first-order chi connectivity index (χ1) is 6.59. The number of likely N-dealkylation sites (N-methyl/N-ethyl adjacent to an activating group) is 1. The largest absolute Gasteiger partial charge is 0.373 e.